The van der Waals surface area contributed by atoms with Gasteiger partial charge >= 0.3 is 5.97 Å². The van der Waals surface area contributed by atoms with Gasteiger partial charge < -0.3 is 15.5 Å². The Morgan fingerprint density at radius 3 is 2.92 bits per heavy atom. The number of esters is 1. The predicted octanol–water partition coefficient (Wildman–Crippen LogP) is 2.71. The minimum Gasteiger partial charge on any atom is -0.462 e. The SMILES string of the molecule is CCCc1cc(=O)[nH]c(SCc2c(C(=O)OCC)sc(N)c2C#N)n1. The number of aromatic amines is 1. The Labute approximate surface area is 153 Å². The second kappa shape index (κ2) is 8.69. The number of thiophene rings is 1. The van der Waals surface area contributed by atoms with Crippen LogP contribution < -0.4 is 11.3 Å². The van der Waals surface area contributed by atoms with E-state index in [1.165, 1.54) is 17.8 Å². The van der Waals surface area contributed by atoms with E-state index >= 15 is 0 Å². The highest BCUT2D eigenvalue weighted by atomic mass is 32.2. The molecule has 0 atom stereocenters. The van der Waals surface area contributed by atoms with Crippen LogP contribution in [0, 0.1) is 11.3 Å². The Morgan fingerprint density at radius 2 is 2.28 bits per heavy atom. The fourth-order valence-electron chi connectivity index (χ4n) is 2.18. The number of nitriles is 1. The van der Waals surface area contributed by atoms with Crippen molar-refractivity contribution in [2.75, 3.05) is 12.3 Å². The van der Waals surface area contributed by atoms with Crippen molar-refractivity contribution in [3.05, 3.63) is 38.1 Å². The number of hydrogen-bond donors (Lipinski definition) is 2. The van der Waals surface area contributed by atoms with Crippen molar-refractivity contribution in [2.45, 2.75) is 37.6 Å². The molecular formula is C16H18N4O3S2. The molecular weight excluding hydrogens is 360 g/mol. The molecule has 132 valence electrons. The summed E-state index contributed by atoms with van der Waals surface area (Å²) in [5.74, 6) is -0.221. The highest BCUT2D eigenvalue weighted by molar-refractivity contribution is 7.98. The van der Waals surface area contributed by atoms with Crippen molar-refractivity contribution in [1.29, 1.82) is 5.26 Å². The summed E-state index contributed by atoms with van der Waals surface area (Å²) >= 11 is 2.28. The van der Waals surface area contributed by atoms with E-state index in [1.54, 1.807) is 6.92 Å². The number of ether oxygens (including phenoxy) is 1. The lowest BCUT2D eigenvalue weighted by atomic mass is 10.2. The van der Waals surface area contributed by atoms with Gasteiger partial charge in [0.25, 0.3) is 5.56 Å². The maximum atomic E-state index is 12.1. The van der Waals surface area contributed by atoms with Crippen LogP contribution in [0.4, 0.5) is 5.00 Å². The molecule has 0 saturated carbocycles. The Hall–Kier alpha value is -2.31. The summed E-state index contributed by atoms with van der Waals surface area (Å²) in [6.07, 6.45) is 1.59. The third kappa shape index (κ3) is 4.61. The van der Waals surface area contributed by atoms with E-state index in [9.17, 15) is 14.9 Å². The largest absolute Gasteiger partial charge is 0.462 e. The molecule has 0 spiro atoms. The van der Waals surface area contributed by atoms with Crippen molar-refractivity contribution in [1.82, 2.24) is 9.97 Å². The topological polar surface area (TPSA) is 122 Å². The van der Waals surface area contributed by atoms with E-state index < -0.39 is 5.97 Å². The molecule has 0 aliphatic heterocycles. The number of nitrogens with zero attached hydrogens (tertiary/aromatic N) is 2. The van der Waals surface area contributed by atoms with Crippen molar-refractivity contribution in [3.8, 4) is 6.07 Å². The molecule has 0 bridgehead atoms. The second-order valence-corrected chi connectivity index (χ2v) is 7.08. The van der Waals surface area contributed by atoms with Gasteiger partial charge in [-0.2, -0.15) is 5.26 Å². The molecule has 3 N–H and O–H groups in total. The second-order valence-electron chi connectivity index (χ2n) is 5.06. The van der Waals surface area contributed by atoms with Crippen LogP contribution in [0.25, 0.3) is 0 Å². The van der Waals surface area contributed by atoms with Crippen LogP contribution in [0.3, 0.4) is 0 Å². The fraction of sp³-hybridized carbons (Fsp3) is 0.375. The van der Waals surface area contributed by atoms with Gasteiger partial charge in [-0.1, -0.05) is 25.1 Å². The van der Waals surface area contributed by atoms with E-state index in [0.717, 1.165) is 17.8 Å². The maximum absolute atomic E-state index is 12.1. The molecule has 0 fully saturated rings. The third-order valence-electron chi connectivity index (χ3n) is 3.24. The number of H-pyrrole nitrogens is 1. The van der Waals surface area contributed by atoms with Crippen LogP contribution in [0.5, 0.6) is 0 Å². The Balaban J connectivity index is 2.30. The number of aryl methyl sites for hydroxylation is 1. The number of carbonyl (C=O) groups is 1. The first kappa shape index (κ1) is 19.0. The normalized spacial score (nSPS) is 10.4. The Bertz CT molecular complexity index is 867. The monoisotopic (exact) mass is 378 g/mol. The molecule has 0 aliphatic carbocycles. The molecule has 9 heteroatoms. The van der Waals surface area contributed by atoms with Crippen LogP contribution >= 0.6 is 23.1 Å². The van der Waals surface area contributed by atoms with Crippen LogP contribution in [-0.2, 0) is 16.9 Å². The van der Waals surface area contributed by atoms with Gasteiger partial charge in [-0.25, -0.2) is 9.78 Å². The zero-order valence-electron chi connectivity index (χ0n) is 13.9. The number of carbonyl (C=O) groups excluding carboxylic acids is 1. The van der Waals surface area contributed by atoms with Gasteiger partial charge in [-0.05, 0) is 13.3 Å². The molecule has 0 saturated heterocycles. The number of aromatic nitrogens is 2. The van der Waals surface area contributed by atoms with Crippen LogP contribution in [0.2, 0.25) is 0 Å². The van der Waals surface area contributed by atoms with E-state index in [0.29, 0.717) is 27.7 Å². The third-order valence-corrected chi connectivity index (χ3v) is 5.18. The minimum atomic E-state index is -0.502. The number of nitrogens with two attached hydrogens (primary N) is 1. The zero-order chi connectivity index (χ0) is 18.4. The maximum Gasteiger partial charge on any atom is 0.348 e. The average molecular weight is 378 g/mol. The van der Waals surface area contributed by atoms with E-state index in [1.807, 2.05) is 13.0 Å². The summed E-state index contributed by atoms with van der Waals surface area (Å²) in [4.78, 5) is 31.2. The summed E-state index contributed by atoms with van der Waals surface area (Å²) in [6, 6.07) is 3.51. The lowest BCUT2D eigenvalue weighted by Crippen LogP contribution is -2.10. The molecule has 25 heavy (non-hydrogen) atoms. The quantitative estimate of drug-likeness (QED) is 0.431. The first-order chi connectivity index (χ1) is 12.0. The van der Waals surface area contributed by atoms with Crippen LogP contribution in [-0.4, -0.2) is 22.5 Å². The zero-order valence-corrected chi connectivity index (χ0v) is 15.6. The number of thioether (sulfide) groups is 1. The standard InChI is InChI=1S/C16H18N4O3S2/c1-3-5-9-6-12(21)20-16(19-9)24-8-11-10(7-17)14(18)25-13(11)15(22)23-4-2/h6H,3-5,8,18H2,1-2H3,(H,19,20,21). The van der Waals surface area contributed by atoms with E-state index in [-0.39, 0.29) is 28.5 Å². The smallest absolute Gasteiger partial charge is 0.348 e. The molecule has 0 aliphatic rings. The summed E-state index contributed by atoms with van der Waals surface area (Å²) in [5.41, 5.74) is 7.12. The van der Waals surface area contributed by atoms with Gasteiger partial charge in [0.15, 0.2) is 5.16 Å². The molecule has 2 rings (SSSR count). The van der Waals surface area contributed by atoms with E-state index in [4.69, 9.17) is 10.5 Å². The predicted molar refractivity (Wildman–Crippen MR) is 97.8 cm³/mol. The molecule has 0 radical (unpaired) electrons. The molecule has 0 amide bonds. The van der Waals surface area contributed by atoms with Gasteiger partial charge in [0.05, 0.1) is 12.2 Å². The molecule has 2 heterocycles. The number of nitrogens with one attached hydrogen (secondary N) is 1. The number of anilines is 1. The molecule has 0 unspecified atom stereocenters. The van der Waals surface area contributed by atoms with Crippen molar-refractivity contribution < 1.29 is 9.53 Å². The van der Waals surface area contributed by atoms with Gasteiger partial charge in [0.2, 0.25) is 0 Å². The first-order valence-corrected chi connectivity index (χ1v) is 9.51. The van der Waals surface area contributed by atoms with Crippen molar-refractivity contribution in [3.63, 3.8) is 0 Å². The summed E-state index contributed by atoms with van der Waals surface area (Å²) in [5, 5.41) is 10.0. The highest BCUT2D eigenvalue weighted by Crippen LogP contribution is 2.34. The molecule has 2 aromatic heterocycles. The number of rotatable bonds is 7. The van der Waals surface area contributed by atoms with Gasteiger partial charge in [-0.3, -0.25) is 4.79 Å². The van der Waals surface area contributed by atoms with Crippen molar-refractivity contribution >= 4 is 34.1 Å². The molecule has 0 aromatic carbocycles. The lowest BCUT2D eigenvalue weighted by Gasteiger charge is -2.05. The molecule has 2 aromatic rings. The summed E-state index contributed by atoms with van der Waals surface area (Å²) in [6.45, 7) is 3.95. The lowest BCUT2D eigenvalue weighted by molar-refractivity contribution is 0.0531. The molecule has 7 nitrogen and oxygen atoms in total. The fourth-order valence-corrected chi connectivity index (χ4v) is 4.13. The van der Waals surface area contributed by atoms with Crippen LogP contribution in [0.15, 0.2) is 16.0 Å². The van der Waals surface area contributed by atoms with Crippen molar-refractivity contribution in [2.24, 2.45) is 0 Å². The van der Waals surface area contributed by atoms with Gasteiger partial charge in [0.1, 0.15) is 15.9 Å². The van der Waals surface area contributed by atoms with Gasteiger partial charge in [-0.15, -0.1) is 11.3 Å². The van der Waals surface area contributed by atoms with Crippen LogP contribution in [0.1, 0.15) is 46.8 Å². The van der Waals surface area contributed by atoms with E-state index in [2.05, 4.69) is 9.97 Å². The summed E-state index contributed by atoms with van der Waals surface area (Å²) in [7, 11) is 0. The van der Waals surface area contributed by atoms with Gasteiger partial charge in [0, 0.05) is 23.1 Å². The minimum absolute atomic E-state index is 0.225. The highest BCUT2D eigenvalue weighted by Gasteiger charge is 2.23. The Kier molecular flexibility index (Phi) is 6.61. The number of nitrogen functional groups attached to an aromatic ring is 1. The average Bonchev–Trinajstić information content (AvgIpc) is 2.88. The Morgan fingerprint density at radius 1 is 1.52 bits per heavy atom. The number of hydrogen-bond acceptors (Lipinski definition) is 8. The first-order valence-electron chi connectivity index (χ1n) is 7.71. The summed E-state index contributed by atoms with van der Waals surface area (Å²) < 4.78 is 5.03.